The average Bonchev–Trinajstić information content (AvgIpc) is 3.60. The van der Waals surface area contributed by atoms with Gasteiger partial charge in [0.2, 0.25) is 0 Å². The molecule has 1 heterocycles. The maximum atomic E-state index is 2.49. The van der Waals surface area contributed by atoms with Crippen molar-refractivity contribution in [3.05, 3.63) is 157 Å². The molecule has 11 rings (SSSR count). The molecule has 48 heavy (non-hydrogen) atoms. The molecular weight excluding hydrogens is 597 g/mol. The van der Waals surface area contributed by atoms with Gasteiger partial charge in [0.25, 0.3) is 0 Å². The van der Waals surface area contributed by atoms with Crippen molar-refractivity contribution in [2.75, 3.05) is 0 Å². The van der Waals surface area contributed by atoms with Crippen molar-refractivity contribution in [1.82, 2.24) is 0 Å². The molecule has 0 spiro atoms. The van der Waals surface area contributed by atoms with Crippen molar-refractivity contribution in [1.29, 1.82) is 0 Å². The second-order valence-corrected chi connectivity index (χ2v) is 15.1. The molecule has 0 amide bonds. The van der Waals surface area contributed by atoms with Crippen LogP contribution in [0.4, 0.5) is 0 Å². The molecule has 0 aliphatic heterocycles. The van der Waals surface area contributed by atoms with E-state index in [4.69, 9.17) is 0 Å². The number of thiophene rings is 1. The summed E-state index contributed by atoms with van der Waals surface area (Å²) in [6, 6.07) is 55.0. The molecule has 224 valence electrons. The van der Waals surface area contributed by atoms with Gasteiger partial charge in [-0.1, -0.05) is 135 Å². The van der Waals surface area contributed by atoms with Gasteiger partial charge in [-0.3, -0.25) is 0 Å². The summed E-state index contributed by atoms with van der Waals surface area (Å²) in [6.45, 7) is 4.75. The minimum atomic E-state index is -0.0110. The van der Waals surface area contributed by atoms with Crippen molar-refractivity contribution in [3.63, 3.8) is 0 Å². The number of hydrogen-bond donors (Lipinski definition) is 0. The largest absolute Gasteiger partial charge is 0.135 e. The van der Waals surface area contributed by atoms with Crippen molar-refractivity contribution in [2.45, 2.75) is 19.3 Å². The lowest BCUT2D eigenvalue weighted by atomic mass is 9.82. The van der Waals surface area contributed by atoms with Gasteiger partial charge in [-0.2, -0.15) is 0 Å². The topological polar surface area (TPSA) is 0 Å². The fourth-order valence-corrected chi connectivity index (χ4v) is 9.99. The van der Waals surface area contributed by atoms with E-state index in [0.717, 1.165) is 0 Å². The summed E-state index contributed by atoms with van der Waals surface area (Å²) < 4.78 is 2.71. The summed E-state index contributed by atoms with van der Waals surface area (Å²) in [5.41, 5.74) is 10.8. The highest BCUT2D eigenvalue weighted by Crippen LogP contribution is 2.52. The summed E-state index contributed by atoms with van der Waals surface area (Å²) in [5, 5.41) is 13.2. The average molecular weight is 627 g/mol. The Balaban J connectivity index is 1.13. The number of rotatable bonds is 2. The van der Waals surface area contributed by atoms with E-state index in [1.807, 2.05) is 11.3 Å². The Labute approximate surface area is 282 Å². The van der Waals surface area contributed by atoms with Gasteiger partial charge in [0.15, 0.2) is 0 Å². The van der Waals surface area contributed by atoms with E-state index >= 15 is 0 Å². The number of fused-ring (bicyclic) bond motifs is 7. The Morgan fingerprint density at radius 1 is 0.375 bits per heavy atom. The molecule has 0 unspecified atom stereocenters. The lowest BCUT2D eigenvalue weighted by molar-refractivity contribution is 0.661. The van der Waals surface area contributed by atoms with Crippen molar-refractivity contribution >= 4 is 74.6 Å². The van der Waals surface area contributed by atoms with Crippen molar-refractivity contribution < 1.29 is 0 Å². The van der Waals surface area contributed by atoms with Gasteiger partial charge >= 0.3 is 0 Å². The molecule has 0 bridgehead atoms. The maximum absolute atomic E-state index is 2.49. The summed E-state index contributed by atoms with van der Waals surface area (Å²) in [4.78, 5) is 0. The molecule has 0 saturated heterocycles. The molecule has 1 heteroatoms. The van der Waals surface area contributed by atoms with E-state index in [1.54, 1.807) is 0 Å². The van der Waals surface area contributed by atoms with E-state index in [9.17, 15) is 0 Å². The van der Waals surface area contributed by atoms with Gasteiger partial charge in [-0.05, 0) is 112 Å². The normalized spacial score (nSPS) is 13.8. The second-order valence-electron chi connectivity index (χ2n) is 14.1. The highest BCUT2D eigenvalue weighted by molar-refractivity contribution is 7.25. The summed E-state index contributed by atoms with van der Waals surface area (Å²) in [5.74, 6) is 0. The molecule has 1 aromatic heterocycles. The van der Waals surface area contributed by atoms with Gasteiger partial charge in [-0.25, -0.2) is 0 Å². The standard InChI is InChI=1S/C47H30S/c1-47(2)41-13-6-5-11-35(41)38-26-44-40(25-42(38)47)39-24-30(18-23-43(39)48-44)32-19-14-28-17-22-37-34(20-15-29-16-21-36(32)45(28)46(29)37)33-12-7-9-27-8-3-4-10-31(27)33/h3-26H,1-2H3. The third kappa shape index (κ3) is 3.44. The molecule has 0 saturated carbocycles. The fourth-order valence-electron chi connectivity index (χ4n) is 8.89. The van der Waals surface area contributed by atoms with Crippen LogP contribution in [0.3, 0.4) is 0 Å². The monoisotopic (exact) mass is 626 g/mol. The van der Waals surface area contributed by atoms with Crippen LogP contribution in [0, 0.1) is 0 Å². The van der Waals surface area contributed by atoms with Crippen LogP contribution in [-0.4, -0.2) is 0 Å². The van der Waals surface area contributed by atoms with Crippen LogP contribution in [0.15, 0.2) is 146 Å². The molecule has 1 aliphatic rings. The first-order valence-corrected chi connectivity index (χ1v) is 17.7. The van der Waals surface area contributed by atoms with Crippen LogP contribution < -0.4 is 0 Å². The molecule has 0 fully saturated rings. The zero-order valence-electron chi connectivity index (χ0n) is 26.8. The first-order chi connectivity index (χ1) is 23.5. The van der Waals surface area contributed by atoms with Crippen LogP contribution in [0.5, 0.6) is 0 Å². The van der Waals surface area contributed by atoms with Gasteiger partial charge in [0.05, 0.1) is 0 Å². The van der Waals surface area contributed by atoms with E-state index in [0.29, 0.717) is 0 Å². The quantitative estimate of drug-likeness (QED) is 0.168. The lowest BCUT2D eigenvalue weighted by Gasteiger charge is -2.21. The van der Waals surface area contributed by atoms with E-state index < -0.39 is 0 Å². The van der Waals surface area contributed by atoms with Crippen LogP contribution in [0.1, 0.15) is 25.0 Å². The number of hydrogen-bond acceptors (Lipinski definition) is 1. The van der Waals surface area contributed by atoms with Gasteiger partial charge in [0.1, 0.15) is 0 Å². The molecule has 9 aromatic carbocycles. The minimum Gasteiger partial charge on any atom is -0.135 e. The van der Waals surface area contributed by atoms with Crippen LogP contribution in [0.2, 0.25) is 0 Å². The van der Waals surface area contributed by atoms with Gasteiger partial charge < -0.3 is 0 Å². The third-order valence-corrected chi connectivity index (χ3v) is 12.4. The van der Waals surface area contributed by atoms with Crippen LogP contribution in [0.25, 0.3) is 96.6 Å². The molecule has 0 nitrogen and oxygen atoms in total. The van der Waals surface area contributed by atoms with Crippen LogP contribution in [-0.2, 0) is 5.41 Å². The number of benzene rings is 9. The molecule has 10 aromatic rings. The second kappa shape index (κ2) is 9.31. The summed E-state index contributed by atoms with van der Waals surface area (Å²) >= 11 is 1.92. The van der Waals surface area contributed by atoms with Gasteiger partial charge in [-0.15, -0.1) is 11.3 Å². The molecule has 0 radical (unpaired) electrons. The smallest absolute Gasteiger partial charge is 0.0361 e. The van der Waals surface area contributed by atoms with Gasteiger partial charge in [0, 0.05) is 25.6 Å². The van der Waals surface area contributed by atoms with Crippen LogP contribution >= 0.6 is 11.3 Å². The Morgan fingerprint density at radius 3 is 1.88 bits per heavy atom. The Bertz CT molecular complexity index is 2970. The third-order valence-electron chi connectivity index (χ3n) is 11.2. The first kappa shape index (κ1) is 26.6. The molecule has 0 N–H and O–H groups in total. The Morgan fingerprint density at radius 2 is 1.02 bits per heavy atom. The van der Waals surface area contributed by atoms with Crippen molar-refractivity contribution in [2.24, 2.45) is 0 Å². The lowest BCUT2D eigenvalue weighted by Crippen LogP contribution is -2.14. The fraction of sp³-hybridized carbons (Fsp3) is 0.0638. The highest BCUT2D eigenvalue weighted by Gasteiger charge is 2.35. The molecule has 1 aliphatic carbocycles. The molecular formula is C47H30S. The SMILES string of the molecule is CC1(C)c2ccccc2-c2cc3sc4ccc(-c5ccc6ccc7c(-c8cccc9ccccc89)ccc8ccc5c6c87)cc4c3cc21. The van der Waals surface area contributed by atoms with E-state index in [2.05, 4.69) is 159 Å². The zero-order chi connectivity index (χ0) is 31.7. The summed E-state index contributed by atoms with van der Waals surface area (Å²) in [7, 11) is 0. The summed E-state index contributed by atoms with van der Waals surface area (Å²) in [6.07, 6.45) is 0. The zero-order valence-corrected chi connectivity index (χ0v) is 27.6. The first-order valence-electron chi connectivity index (χ1n) is 16.8. The van der Waals surface area contributed by atoms with E-state index in [1.165, 1.54) is 108 Å². The Kier molecular flexibility index (Phi) is 5.15. The molecule has 0 atom stereocenters. The predicted molar refractivity (Wildman–Crippen MR) is 209 cm³/mol. The van der Waals surface area contributed by atoms with Crippen molar-refractivity contribution in [3.8, 4) is 33.4 Å². The maximum Gasteiger partial charge on any atom is 0.0361 e. The predicted octanol–water partition coefficient (Wildman–Crippen LogP) is 13.7. The highest BCUT2D eigenvalue weighted by atomic mass is 32.1. The van der Waals surface area contributed by atoms with E-state index in [-0.39, 0.29) is 5.41 Å². The minimum absolute atomic E-state index is 0.0110. The Hall–Kier alpha value is -5.50.